The quantitative estimate of drug-likeness (QED) is 0.778. The standard InChI is InChI=1S/C14H24N2O3.ClH/c1-15(9-8-14(18)19)10-13(17)16(12-6-7-12)11-4-2-3-5-11;/h11-12H,2-10H2,1H3,(H,18,19);1H. The van der Waals surface area contributed by atoms with Crippen molar-refractivity contribution in [2.24, 2.45) is 0 Å². The molecule has 2 fully saturated rings. The number of carboxylic acids is 1. The number of amides is 1. The number of likely N-dealkylation sites (N-methyl/N-ethyl adjacent to an activating group) is 1. The first-order valence-electron chi connectivity index (χ1n) is 7.29. The SMILES string of the molecule is CN(CCC(=O)O)CC(=O)N(C1CCCC1)C1CC1.Cl. The summed E-state index contributed by atoms with van der Waals surface area (Å²) in [5.41, 5.74) is 0. The summed E-state index contributed by atoms with van der Waals surface area (Å²) >= 11 is 0. The lowest BCUT2D eigenvalue weighted by molar-refractivity contribution is -0.139. The molecule has 0 aromatic carbocycles. The number of nitrogens with zero attached hydrogens (tertiary/aromatic N) is 2. The molecule has 0 aromatic rings. The molecule has 0 radical (unpaired) electrons. The van der Waals surface area contributed by atoms with Gasteiger partial charge in [-0.3, -0.25) is 14.5 Å². The van der Waals surface area contributed by atoms with Crippen molar-refractivity contribution >= 4 is 24.3 Å². The fraction of sp³-hybridized carbons (Fsp3) is 0.857. The molecular formula is C14H25ClN2O3. The Bertz CT molecular complexity index is 341. The van der Waals surface area contributed by atoms with Crippen LogP contribution in [0.5, 0.6) is 0 Å². The summed E-state index contributed by atoms with van der Waals surface area (Å²) in [5.74, 6) is -0.628. The highest BCUT2D eigenvalue weighted by Crippen LogP contribution is 2.34. The topological polar surface area (TPSA) is 60.9 Å². The van der Waals surface area contributed by atoms with Gasteiger partial charge in [-0.2, -0.15) is 0 Å². The Morgan fingerprint density at radius 2 is 1.65 bits per heavy atom. The van der Waals surface area contributed by atoms with E-state index in [1.165, 1.54) is 12.8 Å². The van der Waals surface area contributed by atoms with Crippen LogP contribution in [0.1, 0.15) is 44.9 Å². The van der Waals surface area contributed by atoms with E-state index in [9.17, 15) is 9.59 Å². The zero-order valence-electron chi connectivity index (χ0n) is 12.1. The van der Waals surface area contributed by atoms with E-state index in [2.05, 4.69) is 4.90 Å². The second-order valence-corrected chi connectivity index (χ2v) is 5.85. The first-order valence-corrected chi connectivity index (χ1v) is 7.29. The first kappa shape index (κ1) is 17.2. The summed E-state index contributed by atoms with van der Waals surface area (Å²) < 4.78 is 0. The number of hydrogen-bond donors (Lipinski definition) is 1. The van der Waals surface area contributed by atoms with E-state index in [4.69, 9.17) is 5.11 Å². The van der Waals surface area contributed by atoms with Gasteiger partial charge < -0.3 is 10.0 Å². The van der Waals surface area contributed by atoms with Gasteiger partial charge in [-0.1, -0.05) is 12.8 Å². The van der Waals surface area contributed by atoms with E-state index >= 15 is 0 Å². The minimum atomic E-state index is -0.811. The predicted octanol–water partition coefficient (Wildman–Crippen LogP) is 1.75. The number of rotatable bonds is 7. The van der Waals surface area contributed by atoms with Crippen molar-refractivity contribution in [1.82, 2.24) is 9.80 Å². The molecule has 1 N–H and O–H groups in total. The van der Waals surface area contributed by atoms with Crippen molar-refractivity contribution in [3.63, 3.8) is 0 Å². The van der Waals surface area contributed by atoms with E-state index < -0.39 is 5.97 Å². The number of carbonyl (C=O) groups excluding carboxylic acids is 1. The molecule has 0 heterocycles. The van der Waals surface area contributed by atoms with Crippen molar-refractivity contribution in [1.29, 1.82) is 0 Å². The van der Waals surface area contributed by atoms with Gasteiger partial charge in [0.1, 0.15) is 0 Å². The van der Waals surface area contributed by atoms with E-state index in [-0.39, 0.29) is 24.7 Å². The molecule has 2 saturated carbocycles. The number of halogens is 1. The van der Waals surface area contributed by atoms with Gasteiger partial charge in [-0.05, 0) is 32.7 Å². The van der Waals surface area contributed by atoms with Crippen LogP contribution >= 0.6 is 12.4 Å². The van der Waals surface area contributed by atoms with Gasteiger partial charge in [0, 0.05) is 18.6 Å². The van der Waals surface area contributed by atoms with Crippen LogP contribution in [0.4, 0.5) is 0 Å². The van der Waals surface area contributed by atoms with E-state index in [1.807, 2.05) is 11.9 Å². The first-order chi connectivity index (χ1) is 9.08. The molecule has 0 atom stereocenters. The highest BCUT2D eigenvalue weighted by Gasteiger charge is 2.38. The molecule has 2 aliphatic rings. The highest BCUT2D eigenvalue weighted by atomic mass is 35.5. The average Bonchev–Trinajstić information content (AvgIpc) is 3.02. The number of carboxylic acid groups (broad SMARTS) is 1. The number of carbonyl (C=O) groups is 2. The molecule has 0 unspecified atom stereocenters. The van der Waals surface area contributed by atoms with Gasteiger partial charge >= 0.3 is 5.97 Å². The van der Waals surface area contributed by atoms with Crippen LogP contribution in [0, 0.1) is 0 Å². The van der Waals surface area contributed by atoms with Gasteiger partial charge in [0.15, 0.2) is 0 Å². The summed E-state index contributed by atoms with van der Waals surface area (Å²) in [6.07, 6.45) is 7.12. The molecule has 20 heavy (non-hydrogen) atoms. The predicted molar refractivity (Wildman–Crippen MR) is 79.1 cm³/mol. The molecule has 5 nitrogen and oxygen atoms in total. The van der Waals surface area contributed by atoms with E-state index in [1.54, 1.807) is 0 Å². The van der Waals surface area contributed by atoms with Crippen LogP contribution in [0.15, 0.2) is 0 Å². The van der Waals surface area contributed by atoms with E-state index in [0.717, 1.165) is 25.7 Å². The fourth-order valence-corrected chi connectivity index (χ4v) is 2.92. The van der Waals surface area contributed by atoms with Crippen molar-refractivity contribution in [3.05, 3.63) is 0 Å². The molecule has 0 spiro atoms. The van der Waals surface area contributed by atoms with Crippen LogP contribution in [0.25, 0.3) is 0 Å². The molecule has 2 rings (SSSR count). The molecule has 6 heteroatoms. The third kappa shape index (κ3) is 4.94. The summed E-state index contributed by atoms with van der Waals surface area (Å²) in [6.45, 7) is 0.782. The van der Waals surface area contributed by atoms with Gasteiger partial charge in [-0.25, -0.2) is 0 Å². The van der Waals surface area contributed by atoms with Gasteiger partial charge in [0.25, 0.3) is 0 Å². The van der Waals surface area contributed by atoms with Crippen molar-refractivity contribution in [2.75, 3.05) is 20.1 Å². The van der Waals surface area contributed by atoms with Crippen molar-refractivity contribution in [2.45, 2.75) is 57.0 Å². The average molecular weight is 305 g/mol. The molecule has 2 aliphatic carbocycles. The zero-order valence-corrected chi connectivity index (χ0v) is 12.9. The Labute approximate surface area is 126 Å². The molecule has 0 aromatic heterocycles. The van der Waals surface area contributed by atoms with Crippen LogP contribution in [-0.2, 0) is 9.59 Å². The summed E-state index contributed by atoms with van der Waals surface area (Å²) in [4.78, 5) is 26.9. The Hall–Kier alpha value is -0.810. The molecular weight excluding hydrogens is 280 g/mol. The second-order valence-electron chi connectivity index (χ2n) is 5.85. The number of hydrogen-bond acceptors (Lipinski definition) is 3. The zero-order chi connectivity index (χ0) is 13.8. The van der Waals surface area contributed by atoms with Gasteiger partial charge in [0.2, 0.25) is 5.91 Å². The normalized spacial score (nSPS) is 18.9. The van der Waals surface area contributed by atoms with Crippen molar-refractivity contribution in [3.8, 4) is 0 Å². The molecule has 0 saturated heterocycles. The summed E-state index contributed by atoms with van der Waals surface area (Å²) in [6, 6.07) is 0.899. The third-order valence-corrected chi connectivity index (χ3v) is 4.06. The minimum absolute atomic E-state index is 0. The summed E-state index contributed by atoms with van der Waals surface area (Å²) in [5, 5.41) is 8.65. The Balaban J connectivity index is 0.00000200. The third-order valence-electron chi connectivity index (χ3n) is 4.06. The molecule has 1 amide bonds. The Kier molecular flexibility index (Phi) is 6.76. The van der Waals surface area contributed by atoms with E-state index in [0.29, 0.717) is 25.2 Å². The maximum absolute atomic E-state index is 12.4. The van der Waals surface area contributed by atoms with Gasteiger partial charge in [0.05, 0.1) is 13.0 Å². The number of aliphatic carboxylic acids is 1. The Morgan fingerprint density at radius 3 is 2.15 bits per heavy atom. The second kappa shape index (κ2) is 7.84. The lowest BCUT2D eigenvalue weighted by Gasteiger charge is -2.30. The lowest BCUT2D eigenvalue weighted by Crippen LogP contribution is -2.45. The highest BCUT2D eigenvalue weighted by molar-refractivity contribution is 5.85. The molecule has 0 aliphatic heterocycles. The lowest BCUT2D eigenvalue weighted by atomic mass is 10.2. The van der Waals surface area contributed by atoms with Crippen LogP contribution in [0.2, 0.25) is 0 Å². The largest absolute Gasteiger partial charge is 0.481 e. The smallest absolute Gasteiger partial charge is 0.304 e. The van der Waals surface area contributed by atoms with Crippen LogP contribution in [0.3, 0.4) is 0 Å². The van der Waals surface area contributed by atoms with Gasteiger partial charge in [-0.15, -0.1) is 12.4 Å². The minimum Gasteiger partial charge on any atom is -0.481 e. The maximum atomic E-state index is 12.4. The van der Waals surface area contributed by atoms with Crippen molar-refractivity contribution < 1.29 is 14.7 Å². The maximum Gasteiger partial charge on any atom is 0.304 e. The molecule has 116 valence electrons. The van der Waals surface area contributed by atoms with Crippen LogP contribution in [-0.4, -0.2) is 59.0 Å². The Morgan fingerprint density at radius 1 is 1.10 bits per heavy atom. The fourth-order valence-electron chi connectivity index (χ4n) is 2.92. The van der Waals surface area contributed by atoms with Crippen LogP contribution < -0.4 is 0 Å². The molecule has 0 bridgehead atoms. The monoisotopic (exact) mass is 304 g/mol. The summed E-state index contributed by atoms with van der Waals surface area (Å²) in [7, 11) is 1.82.